The minimum atomic E-state index is -0.0576. The molecule has 2 rings (SSSR count). The summed E-state index contributed by atoms with van der Waals surface area (Å²) >= 11 is 0. The Bertz CT molecular complexity index is 478. The van der Waals surface area contributed by atoms with Gasteiger partial charge in [0.25, 0.3) is 0 Å². The second-order valence-electron chi connectivity index (χ2n) is 6.68. The van der Waals surface area contributed by atoms with Crippen LogP contribution < -0.4 is 10.6 Å². The number of aryl methyl sites for hydroxylation is 1. The topological polar surface area (TPSA) is 41.1 Å². The van der Waals surface area contributed by atoms with Gasteiger partial charge in [-0.3, -0.25) is 4.79 Å². The van der Waals surface area contributed by atoms with Gasteiger partial charge in [-0.1, -0.05) is 38.1 Å². The molecule has 1 unspecified atom stereocenters. The molecule has 0 bridgehead atoms. The third kappa shape index (κ3) is 4.07. The number of likely N-dealkylation sites (N-methyl/N-ethyl adjacent to an activating group) is 1. The second kappa shape index (κ2) is 7.08. The standard InChI is InChI=1S/C18H28N2O/c1-12(2)9-17(18(21)19-4)20-15-10-14(11-15)16-8-6-5-7-13(16)3/h5-8,12,14-15,17,20H,9-11H2,1-4H3,(H,19,21). The number of hydrogen-bond acceptors (Lipinski definition) is 2. The number of nitrogens with one attached hydrogen (secondary N) is 2. The van der Waals surface area contributed by atoms with E-state index in [1.165, 1.54) is 11.1 Å². The minimum absolute atomic E-state index is 0.0576. The molecule has 116 valence electrons. The van der Waals surface area contributed by atoms with Crippen molar-refractivity contribution in [2.45, 2.75) is 58.0 Å². The molecule has 1 saturated carbocycles. The third-order valence-electron chi connectivity index (χ3n) is 4.47. The molecule has 3 nitrogen and oxygen atoms in total. The van der Waals surface area contributed by atoms with Crippen LogP contribution >= 0.6 is 0 Å². The van der Waals surface area contributed by atoms with Crippen molar-refractivity contribution in [1.29, 1.82) is 0 Å². The van der Waals surface area contributed by atoms with Crippen LogP contribution in [0.1, 0.15) is 50.2 Å². The van der Waals surface area contributed by atoms with Gasteiger partial charge in [-0.05, 0) is 49.1 Å². The van der Waals surface area contributed by atoms with Crippen LogP contribution in [0.2, 0.25) is 0 Å². The van der Waals surface area contributed by atoms with Crippen LogP contribution in [0.4, 0.5) is 0 Å². The molecule has 0 aromatic heterocycles. The van der Waals surface area contributed by atoms with Crippen LogP contribution in [0.5, 0.6) is 0 Å². The summed E-state index contributed by atoms with van der Waals surface area (Å²) in [5, 5.41) is 6.32. The van der Waals surface area contributed by atoms with Gasteiger partial charge >= 0.3 is 0 Å². The normalized spacial score (nSPS) is 22.7. The van der Waals surface area contributed by atoms with Gasteiger partial charge in [0.1, 0.15) is 0 Å². The van der Waals surface area contributed by atoms with Gasteiger partial charge in [-0.15, -0.1) is 0 Å². The summed E-state index contributed by atoms with van der Waals surface area (Å²) in [5.74, 6) is 1.28. The largest absolute Gasteiger partial charge is 0.358 e. The van der Waals surface area contributed by atoms with E-state index in [0.29, 0.717) is 17.9 Å². The molecule has 0 heterocycles. The maximum Gasteiger partial charge on any atom is 0.236 e. The van der Waals surface area contributed by atoms with Crippen molar-refractivity contribution >= 4 is 5.91 Å². The lowest BCUT2D eigenvalue weighted by molar-refractivity contribution is -0.123. The Labute approximate surface area is 128 Å². The van der Waals surface area contributed by atoms with Crippen LogP contribution in [0.15, 0.2) is 24.3 Å². The molecule has 2 N–H and O–H groups in total. The van der Waals surface area contributed by atoms with Crippen LogP contribution in [0.25, 0.3) is 0 Å². The molecule has 1 aromatic carbocycles. The molecule has 1 aliphatic carbocycles. The van der Waals surface area contributed by atoms with Crippen molar-refractivity contribution in [1.82, 2.24) is 10.6 Å². The van der Waals surface area contributed by atoms with Gasteiger partial charge in [0, 0.05) is 13.1 Å². The molecule has 1 aliphatic rings. The van der Waals surface area contributed by atoms with Crippen molar-refractivity contribution in [3.63, 3.8) is 0 Å². The summed E-state index contributed by atoms with van der Waals surface area (Å²) in [6, 6.07) is 9.04. The van der Waals surface area contributed by atoms with Crippen molar-refractivity contribution in [3.8, 4) is 0 Å². The Balaban J connectivity index is 1.88. The van der Waals surface area contributed by atoms with Crippen LogP contribution in [-0.2, 0) is 4.79 Å². The molecule has 0 radical (unpaired) electrons. The van der Waals surface area contributed by atoms with Crippen LogP contribution in [0, 0.1) is 12.8 Å². The molecular formula is C18H28N2O. The van der Waals surface area contributed by atoms with E-state index in [2.05, 4.69) is 55.7 Å². The number of rotatable bonds is 6. The average molecular weight is 288 g/mol. The fourth-order valence-corrected chi connectivity index (χ4v) is 3.23. The first-order valence-corrected chi connectivity index (χ1v) is 8.04. The number of benzene rings is 1. The monoisotopic (exact) mass is 288 g/mol. The second-order valence-corrected chi connectivity index (χ2v) is 6.68. The van der Waals surface area contributed by atoms with E-state index in [1.54, 1.807) is 7.05 Å². The summed E-state index contributed by atoms with van der Waals surface area (Å²) in [6.45, 7) is 6.51. The lowest BCUT2D eigenvalue weighted by Gasteiger charge is -2.39. The molecule has 0 aliphatic heterocycles. The third-order valence-corrected chi connectivity index (χ3v) is 4.47. The minimum Gasteiger partial charge on any atom is -0.358 e. The van der Waals surface area contributed by atoms with Crippen molar-refractivity contribution in [3.05, 3.63) is 35.4 Å². The highest BCUT2D eigenvalue weighted by Gasteiger charge is 2.33. The zero-order chi connectivity index (χ0) is 15.4. The van der Waals surface area contributed by atoms with Crippen molar-refractivity contribution < 1.29 is 4.79 Å². The fraction of sp³-hybridized carbons (Fsp3) is 0.611. The van der Waals surface area contributed by atoms with E-state index >= 15 is 0 Å². The summed E-state index contributed by atoms with van der Waals surface area (Å²) in [7, 11) is 1.72. The maximum atomic E-state index is 12.0. The number of hydrogen-bond donors (Lipinski definition) is 2. The first-order chi connectivity index (χ1) is 10.0. The van der Waals surface area contributed by atoms with E-state index in [0.717, 1.165) is 19.3 Å². The lowest BCUT2D eigenvalue weighted by atomic mass is 9.74. The number of amides is 1. The maximum absolute atomic E-state index is 12.0. The summed E-state index contributed by atoms with van der Waals surface area (Å²) < 4.78 is 0. The zero-order valence-corrected chi connectivity index (χ0v) is 13.6. The molecule has 3 heteroatoms. The van der Waals surface area contributed by atoms with E-state index < -0.39 is 0 Å². The van der Waals surface area contributed by atoms with Gasteiger partial charge in [0.05, 0.1) is 6.04 Å². The Morgan fingerprint density at radius 1 is 1.29 bits per heavy atom. The smallest absolute Gasteiger partial charge is 0.236 e. The predicted molar refractivity (Wildman–Crippen MR) is 87.4 cm³/mol. The Morgan fingerprint density at radius 2 is 1.95 bits per heavy atom. The summed E-state index contributed by atoms with van der Waals surface area (Å²) in [4.78, 5) is 12.0. The van der Waals surface area contributed by atoms with Gasteiger partial charge < -0.3 is 10.6 Å². The quantitative estimate of drug-likeness (QED) is 0.845. The van der Waals surface area contributed by atoms with Gasteiger partial charge in [0.15, 0.2) is 0 Å². The molecule has 0 saturated heterocycles. The number of carbonyl (C=O) groups is 1. The van der Waals surface area contributed by atoms with Gasteiger partial charge in [-0.2, -0.15) is 0 Å². The molecule has 21 heavy (non-hydrogen) atoms. The molecule has 1 aromatic rings. The van der Waals surface area contributed by atoms with Crippen molar-refractivity contribution in [2.75, 3.05) is 7.05 Å². The highest BCUT2D eigenvalue weighted by molar-refractivity contribution is 5.81. The van der Waals surface area contributed by atoms with Gasteiger partial charge in [0.2, 0.25) is 5.91 Å². The van der Waals surface area contributed by atoms with Gasteiger partial charge in [-0.25, -0.2) is 0 Å². The molecule has 1 fully saturated rings. The SMILES string of the molecule is CNC(=O)C(CC(C)C)NC1CC(c2ccccc2C)C1. The van der Waals surface area contributed by atoms with Crippen LogP contribution in [-0.4, -0.2) is 25.0 Å². The van der Waals surface area contributed by atoms with Crippen LogP contribution in [0.3, 0.4) is 0 Å². The van der Waals surface area contributed by atoms with E-state index in [9.17, 15) is 4.79 Å². The van der Waals surface area contributed by atoms with Crippen molar-refractivity contribution in [2.24, 2.45) is 5.92 Å². The molecule has 0 spiro atoms. The Kier molecular flexibility index (Phi) is 5.40. The highest BCUT2D eigenvalue weighted by atomic mass is 16.2. The van der Waals surface area contributed by atoms with E-state index in [-0.39, 0.29) is 11.9 Å². The molecule has 1 atom stereocenters. The summed E-state index contributed by atoms with van der Waals surface area (Å²) in [5.41, 5.74) is 2.85. The summed E-state index contributed by atoms with van der Waals surface area (Å²) in [6.07, 6.45) is 3.16. The first-order valence-electron chi connectivity index (χ1n) is 8.04. The zero-order valence-electron chi connectivity index (χ0n) is 13.6. The first kappa shape index (κ1) is 16.0. The predicted octanol–water partition coefficient (Wildman–Crippen LogP) is 2.99. The van der Waals surface area contributed by atoms with E-state index in [4.69, 9.17) is 0 Å². The fourth-order valence-electron chi connectivity index (χ4n) is 3.23. The Morgan fingerprint density at radius 3 is 2.52 bits per heavy atom. The molecular weight excluding hydrogens is 260 g/mol. The average Bonchev–Trinajstić information content (AvgIpc) is 2.41. The highest BCUT2D eigenvalue weighted by Crippen LogP contribution is 2.38. The number of carbonyl (C=O) groups excluding carboxylic acids is 1. The Hall–Kier alpha value is -1.35. The molecule has 1 amide bonds. The lowest BCUT2D eigenvalue weighted by Crippen LogP contribution is -2.52. The van der Waals surface area contributed by atoms with E-state index in [1.807, 2.05) is 0 Å².